The number of fused-ring (bicyclic) bond motifs is 1. The zero-order valence-electron chi connectivity index (χ0n) is 16.3. The van der Waals surface area contributed by atoms with E-state index >= 15 is 0 Å². The van der Waals surface area contributed by atoms with E-state index in [9.17, 15) is 4.79 Å². The molecule has 30 heavy (non-hydrogen) atoms. The quantitative estimate of drug-likeness (QED) is 0.428. The second kappa shape index (κ2) is 7.65. The molecule has 5 aromatic rings. The van der Waals surface area contributed by atoms with Crippen LogP contribution in [0.15, 0.2) is 83.7 Å². The molecule has 146 valence electrons. The van der Waals surface area contributed by atoms with Gasteiger partial charge in [0.15, 0.2) is 5.69 Å². The van der Waals surface area contributed by atoms with E-state index in [4.69, 9.17) is 0 Å². The number of aromatic nitrogens is 4. The van der Waals surface area contributed by atoms with Gasteiger partial charge < -0.3 is 0 Å². The second-order valence-corrected chi connectivity index (χ2v) is 8.19. The van der Waals surface area contributed by atoms with E-state index in [0.717, 1.165) is 21.7 Å². The Bertz CT molecular complexity index is 1370. The normalized spacial score (nSPS) is 11.1. The number of hydrogen-bond acceptors (Lipinski definition) is 5. The Labute approximate surface area is 177 Å². The molecule has 0 saturated carbocycles. The van der Waals surface area contributed by atoms with E-state index in [0.29, 0.717) is 17.1 Å². The molecule has 0 spiro atoms. The molecular formula is C24H18N4OS. The van der Waals surface area contributed by atoms with Gasteiger partial charge in [-0.15, -0.1) is 10.2 Å². The van der Waals surface area contributed by atoms with Crippen molar-refractivity contribution in [2.24, 2.45) is 0 Å². The molecule has 0 aliphatic rings. The van der Waals surface area contributed by atoms with Gasteiger partial charge >= 0.3 is 5.56 Å². The third-order valence-electron chi connectivity index (χ3n) is 4.97. The summed E-state index contributed by atoms with van der Waals surface area (Å²) < 4.78 is 1.36. The lowest BCUT2D eigenvalue weighted by atomic mass is 10.0. The van der Waals surface area contributed by atoms with Gasteiger partial charge in [-0.05, 0) is 23.6 Å². The predicted octanol–water partition coefficient (Wildman–Crippen LogP) is 4.78. The van der Waals surface area contributed by atoms with Crippen LogP contribution in [0.5, 0.6) is 0 Å². The summed E-state index contributed by atoms with van der Waals surface area (Å²) in [6.07, 6.45) is 0.641. The van der Waals surface area contributed by atoms with Crippen LogP contribution >= 0.6 is 11.3 Å². The highest BCUT2D eigenvalue weighted by Crippen LogP contribution is 2.22. The topological polar surface area (TPSA) is 60.1 Å². The summed E-state index contributed by atoms with van der Waals surface area (Å²) in [5, 5.41) is 13.7. The molecule has 0 unspecified atom stereocenters. The van der Waals surface area contributed by atoms with Gasteiger partial charge in [0.25, 0.3) is 0 Å². The molecule has 0 N–H and O–H groups in total. The average molecular weight is 411 g/mol. The fraction of sp³-hybridized carbons (Fsp3) is 0.0833. The molecule has 0 atom stereocenters. The van der Waals surface area contributed by atoms with Crippen LogP contribution in [-0.4, -0.2) is 19.8 Å². The van der Waals surface area contributed by atoms with Crippen molar-refractivity contribution in [1.82, 2.24) is 19.8 Å². The number of aryl methyl sites for hydroxylation is 1. The Kier molecular flexibility index (Phi) is 4.69. The minimum atomic E-state index is -0.245. The lowest BCUT2D eigenvalue weighted by molar-refractivity contribution is 0.837. The van der Waals surface area contributed by atoms with Gasteiger partial charge in [0.1, 0.15) is 5.01 Å². The Hall–Kier alpha value is -3.64. The lowest BCUT2D eigenvalue weighted by Gasteiger charge is -2.03. The second-order valence-electron chi connectivity index (χ2n) is 7.15. The van der Waals surface area contributed by atoms with Crippen LogP contribution in [0.2, 0.25) is 0 Å². The highest BCUT2D eigenvalue weighted by atomic mass is 32.1. The van der Waals surface area contributed by atoms with Crippen molar-refractivity contribution in [2.75, 3.05) is 0 Å². The average Bonchev–Trinajstić information content (AvgIpc) is 3.19. The molecule has 0 saturated heterocycles. The molecule has 6 heteroatoms. The van der Waals surface area contributed by atoms with Crippen molar-refractivity contribution in [2.45, 2.75) is 13.3 Å². The first-order valence-corrected chi connectivity index (χ1v) is 10.5. The Morgan fingerprint density at radius 3 is 2.20 bits per heavy atom. The Morgan fingerprint density at radius 1 is 0.800 bits per heavy atom. The summed E-state index contributed by atoms with van der Waals surface area (Å²) in [4.78, 5) is 13.4. The summed E-state index contributed by atoms with van der Waals surface area (Å²) in [6.45, 7) is 2.00. The van der Waals surface area contributed by atoms with Crippen molar-refractivity contribution in [1.29, 1.82) is 0 Å². The third-order valence-corrected chi connectivity index (χ3v) is 5.87. The molecule has 0 fully saturated rings. The minimum absolute atomic E-state index is 0.245. The van der Waals surface area contributed by atoms with E-state index < -0.39 is 0 Å². The minimum Gasteiger partial charge on any atom is -0.265 e. The first-order chi connectivity index (χ1) is 14.7. The smallest absolute Gasteiger partial charge is 0.265 e. The van der Waals surface area contributed by atoms with Gasteiger partial charge in [0.05, 0.1) is 0 Å². The molecule has 5 rings (SSSR count). The van der Waals surface area contributed by atoms with Gasteiger partial charge in [-0.2, -0.15) is 9.61 Å². The molecule has 2 aromatic heterocycles. The van der Waals surface area contributed by atoms with Crippen molar-refractivity contribution < 1.29 is 0 Å². The van der Waals surface area contributed by atoms with Crippen LogP contribution in [0, 0.1) is 6.92 Å². The Balaban J connectivity index is 1.43. The zero-order valence-corrected chi connectivity index (χ0v) is 17.1. The SMILES string of the molecule is Cc1ccc(-c2nnc3sc(Cc4ccc(-c5ccccc5)cc4)nn3c2=O)cc1. The maximum Gasteiger partial charge on any atom is 0.302 e. The number of hydrogen-bond donors (Lipinski definition) is 0. The van der Waals surface area contributed by atoms with Crippen LogP contribution < -0.4 is 5.56 Å². The fourth-order valence-corrected chi connectivity index (χ4v) is 4.20. The van der Waals surface area contributed by atoms with Crippen molar-refractivity contribution in [3.63, 3.8) is 0 Å². The number of rotatable bonds is 4. The molecule has 0 bridgehead atoms. The first kappa shape index (κ1) is 18.4. The summed E-state index contributed by atoms with van der Waals surface area (Å²) in [5.41, 5.74) is 5.44. The highest BCUT2D eigenvalue weighted by molar-refractivity contribution is 7.16. The largest absolute Gasteiger partial charge is 0.302 e. The van der Waals surface area contributed by atoms with E-state index in [2.05, 4.69) is 51.7 Å². The van der Waals surface area contributed by atoms with E-state index in [1.807, 2.05) is 49.4 Å². The van der Waals surface area contributed by atoms with Gasteiger partial charge in [-0.25, -0.2) is 0 Å². The maximum atomic E-state index is 12.9. The molecule has 0 radical (unpaired) electrons. The maximum absolute atomic E-state index is 12.9. The molecule has 3 aromatic carbocycles. The number of nitrogens with zero attached hydrogens (tertiary/aromatic N) is 4. The van der Waals surface area contributed by atoms with Crippen LogP contribution in [0.1, 0.15) is 16.1 Å². The summed E-state index contributed by atoms with van der Waals surface area (Å²) in [7, 11) is 0. The van der Waals surface area contributed by atoms with Gasteiger partial charge in [0.2, 0.25) is 4.96 Å². The number of benzene rings is 3. The lowest BCUT2D eigenvalue weighted by Crippen LogP contribution is -2.19. The van der Waals surface area contributed by atoms with E-state index in [-0.39, 0.29) is 5.56 Å². The van der Waals surface area contributed by atoms with Gasteiger partial charge in [-0.3, -0.25) is 4.79 Å². The molecular weight excluding hydrogens is 392 g/mol. The summed E-state index contributed by atoms with van der Waals surface area (Å²) >= 11 is 1.39. The van der Waals surface area contributed by atoms with Gasteiger partial charge in [0, 0.05) is 12.0 Å². The van der Waals surface area contributed by atoms with Crippen molar-refractivity contribution in [3.8, 4) is 22.4 Å². The monoisotopic (exact) mass is 410 g/mol. The first-order valence-electron chi connectivity index (χ1n) is 9.64. The Morgan fingerprint density at radius 2 is 1.47 bits per heavy atom. The summed E-state index contributed by atoms with van der Waals surface area (Å²) in [6, 6.07) is 26.4. The predicted molar refractivity (Wildman–Crippen MR) is 120 cm³/mol. The van der Waals surface area contributed by atoms with Gasteiger partial charge in [-0.1, -0.05) is 95.8 Å². The van der Waals surface area contributed by atoms with Crippen LogP contribution in [0.25, 0.3) is 27.3 Å². The van der Waals surface area contributed by atoms with Crippen LogP contribution in [-0.2, 0) is 6.42 Å². The third kappa shape index (κ3) is 3.53. The van der Waals surface area contributed by atoms with E-state index in [1.54, 1.807) is 0 Å². The van der Waals surface area contributed by atoms with Crippen molar-refractivity contribution >= 4 is 16.3 Å². The van der Waals surface area contributed by atoms with Crippen LogP contribution in [0.4, 0.5) is 0 Å². The molecule has 0 aliphatic heterocycles. The zero-order chi connectivity index (χ0) is 20.5. The molecule has 5 nitrogen and oxygen atoms in total. The molecule has 0 aliphatic carbocycles. The van der Waals surface area contributed by atoms with Crippen LogP contribution in [0.3, 0.4) is 0 Å². The van der Waals surface area contributed by atoms with E-state index in [1.165, 1.54) is 27.0 Å². The highest BCUT2D eigenvalue weighted by Gasteiger charge is 2.14. The molecule has 2 heterocycles. The van der Waals surface area contributed by atoms with Crippen molar-refractivity contribution in [3.05, 3.63) is 105 Å². The standard InChI is InChI=1S/C24H18N4OS/c1-16-7-11-20(12-8-16)22-23(29)28-24(26-25-22)30-21(27-28)15-17-9-13-19(14-10-17)18-5-3-2-4-6-18/h2-14H,15H2,1H3. The fourth-order valence-electron chi connectivity index (χ4n) is 3.34. The summed E-state index contributed by atoms with van der Waals surface area (Å²) in [5.74, 6) is 0. The molecule has 0 amide bonds.